The number of aliphatic carboxylic acids is 8. The number of nitrogen functional groups attached to an aromatic ring is 1. The molecule has 0 bridgehead atoms. The smallest absolute Gasteiger partial charge is 0.326 e. The second-order valence-electron chi connectivity index (χ2n) is 30.7. The molecule has 5 aromatic rings. The summed E-state index contributed by atoms with van der Waals surface area (Å²) in [6.45, 7) is -2.92. The van der Waals surface area contributed by atoms with Crippen molar-refractivity contribution in [1.29, 1.82) is 0 Å². The van der Waals surface area contributed by atoms with Gasteiger partial charge in [-0.3, -0.25) is 102 Å². The van der Waals surface area contributed by atoms with Crippen LogP contribution < -0.4 is 58.9 Å². The lowest BCUT2D eigenvalue weighted by molar-refractivity contribution is -0.394. The molecule has 0 aliphatic carbocycles. The van der Waals surface area contributed by atoms with Crippen molar-refractivity contribution >= 4 is 135 Å². The van der Waals surface area contributed by atoms with Crippen LogP contribution in [0.3, 0.4) is 0 Å². The van der Waals surface area contributed by atoms with Gasteiger partial charge in [-0.2, -0.15) is 0 Å². The fourth-order valence-corrected chi connectivity index (χ4v) is 13.9. The number of aromatic hydroxyl groups is 1. The first-order valence-electron chi connectivity index (χ1n) is 41.4. The maximum absolute atomic E-state index is 15.2. The summed E-state index contributed by atoms with van der Waals surface area (Å²) in [4.78, 5) is 262. The summed E-state index contributed by atoms with van der Waals surface area (Å²) in [5.74, 6) is -20.3. The van der Waals surface area contributed by atoms with E-state index in [2.05, 4.69) is 47.3 Å². The third-order valence-electron chi connectivity index (χ3n) is 20.8. The van der Waals surface area contributed by atoms with Crippen LogP contribution in [0, 0.1) is 20.2 Å². The molecule has 49 nitrogen and oxygen atoms in total. The molecule has 0 aromatic heterocycles. The molecule has 1 saturated heterocycles. The molecule has 2 unspecified atom stereocenters. The minimum Gasteiger partial charge on any atom is -0.508 e. The fraction of sp³-hybridized carbons (Fsp3) is 0.446. The number of anilines is 1. The molecule has 5 aromatic carbocycles. The van der Waals surface area contributed by atoms with Gasteiger partial charge in [0.05, 0.1) is 48.6 Å². The highest BCUT2D eigenvalue weighted by molar-refractivity contribution is 6.02. The number of rotatable bonds is 54. The molecule has 0 spiro atoms. The van der Waals surface area contributed by atoms with E-state index in [-0.39, 0.29) is 116 Å². The number of nitro benzene ring substituents is 2. The molecule has 9 atom stereocenters. The van der Waals surface area contributed by atoms with Gasteiger partial charge in [-0.05, 0) is 103 Å². The lowest BCUT2D eigenvalue weighted by Crippen LogP contribution is -2.59. The van der Waals surface area contributed by atoms with Gasteiger partial charge >= 0.3 is 53.8 Å². The number of urea groups is 1. The van der Waals surface area contributed by atoms with Crippen molar-refractivity contribution < 1.29 is 147 Å². The summed E-state index contributed by atoms with van der Waals surface area (Å²) >= 11 is 0. The zero-order chi connectivity index (χ0) is 97.3. The third kappa shape index (κ3) is 37.3. The Balaban J connectivity index is 1.18. The second-order valence-corrected chi connectivity index (χ2v) is 30.7. The number of nitro groups is 2. The van der Waals surface area contributed by atoms with Crippen LogP contribution in [0.25, 0.3) is 10.8 Å². The molecule has 0 radical (unpaired) electrons. The first-order chi connectivity index (χ1) is 62.6. The number of hydrogen-bond acceptors (Lipinski definition) is 29. The van der Waals surface area contributed by atoms with E-state index in [1.807, 2.05) is 10.6 Å². The SMILES string of the molecule is Nc1ccc(C[C@H](NC(=O)CCC(C(=O)O)N2CCN(CC(=O)O)CCN(CC(=O)O)CCN(CC(=O)O)CC2)C(=O)N[C@H](Cc2ccc(O)cc2)C(=O)N[C@H](Cc2ccc3ccccc3c2)C(=O)N[C@H](CCCCNC(=O)[C@@H](CC(=O)NCCCC(NC(=O)CC[C@H](NC(=O)N[C@@H](CCOC=O)C(=O)O)C(=O)O)C(=O)O)NC(=O)c2ccc([N+](=O)[O-])cc2[N+](=O)[O-])C(=O)O)cc1. The third-order valence-corrected chi connectivity index (χ3v) is 20.8. The van der Waals surface area contributed by atoms with Crippen LogP contribution >= 0.6 is 0 Å². The number of fused-ring (bicyclic) bond motifs is 1. The van der Waals surface area contributed by atoms with Gasteiger partial charge in [-0.25, -0.2) is 24.0 Å². The van der Waals surface area contributed by atoms with E-state index in [0.29, 0.717) is 39.9 Å². The molecular weight excluding hydrogens is 1750 g/mol. The number of unbranched alkanes of at least 4 members (excludes halogenated alkanes) is 1. The number of phenols is 1. The van der Waals surface area contributed by atoms with Crippen LogP contribution in [0.1, 0.15) is 97.7 Å². The van der Waals surface area contributed by atoms with Crippen LogP contribution in [0.15, 0.2) is 109 Å². The van der Waals surface area contributed by atoms with E-state index in [9.17, 15) is 143 Å². The van der Waals surface area contributed by atoms with E-state index in [1.165, 1.54) is 56.0 Å². The Morgan fingerprint density at radius 1 is 0.424 bits per heavy atom. The van der Waals surface area contributed by atoms with E-state index < -0.39 is 260 Å². The molecule has 1 aliphatic heterocycles. The van der Waals surface area contributed by atoms with Crippen molar-refractivity contribution in [2.75, 3.05) is 97.4 Å². The van der Waals surface area contributed by atoms with E-state index in [0.717, 1.165) is 11.5 Å². The summed E-state index contributed by atoms with van der Waals surface area (Å²) in [7, 11) is 0. The van der Waals surface area contributed by atoms with Gasteiger partial charge in [0.2, 0.25) is 41.4 Å². The maximum atomic E-state index is 15.2. The van der Waals surface area contributed by atoms with Gasteiger partial charge in [0.25, 0.3) is 23.8 Å². The van der Waals surface area contributed by atoms with Crippen molar-refractivity contribution in [3.8, 4) is 5.75 Å². The number of nitrogens with one attached hydrogen (secondary N) is 10. The van der Waals surface area contributed by atoms with Crippen molar-refractivity contribution in [2.45, 2.75) is 144 Å². The Morgan fingerprint density at radius 3 is 1.38 bits per heavy atom. The van der Waals surface area contributed by atoms with Crippen molar-refractivity contribution in [3.63, 3.8) is 0 Å². The molecule has 49 heteroatoms. The average molecular weight is 1850 g/mol. The zero-order valence-corrected chi connectivity index (χ0v) is 71.1. The highest BCUT2D eigenvalue weighted by atomic mass is 16.6. The molecule has 132 heavy (non-hydrogen) atoms. The Labute approximate surface area is 751 Å². The summed E-state index contributed by atoms with van der Waals surface area (Å²) in [6.07, 6.45) is -6.06. The quantitative estimate of drug-likeness (QED) is 0.00671. The Hall–Kier alpha value is -15.1. The minimum absolute atomic E-state index is 0.0154. The molecule has 21 N–H and O–H groups in total. The van der Waals surface area contributed by atoms with Crippen molar-refractivity contribution in [2.24, 2.45) is 0 Å². The Kier molecular flexibility index (Phi) is 42.9. The molecule has 1 aliphatic rings. The molecule has 1 heterocycles. The number of ether oxygens (including phenoxy) is 1. The number of hydrogen-bond donors (Lipinski definition) is 20. The lowest BCUT2D eigenvalue weighted by atomic mass is 9.99. The maximum Gasteiger partial charge on any atom is 0.326 e. The zero-order valence-electron chi connectivity index (χ0n) is 71.1. The topological polar surface area (TPSA) is 744 Å². The monoisotopic (exact) mass is 1850 g/mol. The number of benzene rings is 5. The number of nitrogens with zero attached hydrogens (tertiary/aromatic N) is 6. The number of carboxylic acids is 8. The number of carboxylic acid groups (broad SMARTS) is 8. The number of phenolic OH excluding ortho intramolecular Hbond substituents is 1. The minimum atomic E-state index is -1.93. The number of nitrogens with two attached hydrogens (primary N) is 1. The second kappa shape index (κ2) is 53.6. The van der Waals surface area contributed by atoms with E-state index in [1.54, 1.807) is 54.6 Å². The van der Waals surface area contributed by atoms with Gasteiger partial charge in [0, 0.05) is 116 Å². The largest absolute Gasteiger partial charge is 0.508 e. The number of carbonyl (C=O) groups excluding carboxylic acids is 10. The predicted molar refractivity (Wildman–Crippen MR) is 459 cm³/mol. The van der Waals surface area contributed by atoms with E-state index in [4.69, 9.17) is 5.73 Å². The molecular formula is C83H105N17O32. The van der Waals surface area contributed by atoms with Crippen LogP contribution in [0.5, 0.6) is 5.75 Å². The first-order valence-corrected chi connectivity index (χ1v) is 41.4. The summed E-state index contributed by atoms with van der Waals surface area (Å²) in [6, 6.07) is 9.01. The Bertz CT molecular complexity index is 4920. The number of carbonyl (C=O) groups is 18. The predicted octanol–water partition coefficient (Wildman–Crippen LogP) is -1.81. The van der Waals surface area contributed by atoms with Gasteiger partial charge in [0.1, 0.15) is 65.7 Å². The first kappa shape index (κ1) is 106. The van der Waals surface area contributed by atoms with Crippen LogP contribution in [-0.4, -0.2) is 329 Å². The summed E-state index contributed by atoms with van der Waals surface area (Å²) < 4.78 is 4.42. The summed E-state index contributed by atoms with van der Waals surface area (Å²) in [5, 5.41) is 139. The molecule has 6 rings (SSSR count). The molecule has 0 saturated carbocycles. The highest BCUT2D eigenvalue weighted by Crippen LogP contribution is 2.26. The highest BCUT2D eigenvalue weighted by Gasteiger charge is 2.37. The van der Waals surface area contributed by atoms with Gasteiger partial charge < -0.3 is 110 Å². The molecule has 1 fully saturated rings. The molecule has 714 valence electrons. The van der Waals surface area contributed by atoms with E-state index >= 15 is 9.59 Å². The lowest BCUT2D eigenvalue weighted by Gasteiger charge is -2.35. The normalized spacial score (nSPS) is 14.8. The molecule has 10 amide bonds. The van der Waals surface area contributed by atoms with Gasteiger partial charge in [-0.15, -0.1) is 0 Å². The summed E-state index contributed by atoms with van der Waals surface area (Å²) in [5.41, 5.74) is 4.79. The fourth-order valence-electron chi connectivity index (χ4n) is 13.9. The number of amides is 10. The van der Waals surface area contributed by atoms with Gasteiger partial charge in [-0.1, -0.05) is 66.7 Å². The van der Waals surface area contributed by atoms with Crippen LogP contribution in [-0.2, 0) is 101 Å². The Morgan fingerprint density at radius 2 is 0.871 bits per heavy atom. The van der Waals surface area contributed by atoms with Crippen LogP contribution in [0.2, 0.25) is 0 Å². The van der Waals surface area contributed by atoms with Crippen LogP contribution in [0.4, 0.5) is 21.9 Å². The van der Waals surface area contributed by atoms with Crippen molar-refractivity contribution in [1.82, 2.24) is 72.8 Å². The standard InChI is InChI=1S/C83H105N17O32/c84-53-16-11-48(12-17-53)39-61(88-68(104)25-23-65(82(125)126)98-35-33-96(45-71(108)109)31-29-95(44-70(106)107)30-32-97(34-36-98)46-72(110)111)75(114)91-62(40-49-13-19-55(102)20-14-49)77(116)92-63(41-50-10-15-51-6-1-2-7-52(51)38-50)76(115)89-58(79(119)120)8-3-4-27-86-74(113)64(90-73(112)56-21-18-54(99(128)129)42-66(56)100(130)131)43-69(105)85-28-5-9-57(78(117)118)87-67(103)24-22-59(80(121)122)93-83(127)94-60(81(123)124)26-37-132-47-101/h1-2,6-7,10-21,38,42,47,57-65,102H,3-5,8-9,22-37,39-41,43-46,84H2,(H,85,105)(H,86,113)(H,87,103)(H,88,104)(H,89,115)(H,90,112)(H,91,114)(H,92,116)(H,106,107)(H,108,109)(H,110,111)(H,117,118)(H,119,120)(H,121,122)(H,123,124)(H,125,126)(H2,93,94,127)/t57?,58-,59+,60+,61+,62-,63-,64-,65?/m1/s1. The average Bonchev–Trinajstić information content (AvgIpc) is 0.825. The van der Waals surface area contributed by atoms with Crippen molar-refractivity contribution in [3.05, 3.63) is 152 Å². The number of non-ortho nitro benzene ring substituents is 1. The van der Waals surface area contributed by atoms with Gasteiger partial charge in [0.15, 0.2) is 0 Å².